The van der Waals surface area contributed by atoms with Gasteiger partial charge in [0.2, 0.25) is 0 Å². The molecule has 1 saturated heterocycles. The lowest BCUT2D eigenvalue weighted by molar-refractivity contribution is 0.122. The van der Waals surface area contributed by atoms with Gasteiger partial charge in [0.05, 0.1) is 24.4 Å². The van der Waals surface area contributed by atoms with Gasteiger partial charge in [0, 0.05) is 36.6 Å². The molecule has 4 rings (SSSR count). The normalized spacial score (nSPS) is 19.5. The minimum absolute atomic E-state index is 0.605. The molecule has 1 saturated carbocycles. The van der Waals surface area contributed by atoms with E-state index in [0.29, 0.717) is 11.2 Å². The first-order valence-electron chi connectivity index (χ1n) is 9.46. The summed E-state index contributed by atoms with van der Waals surface area (Å²) in [5, 5.41) is 5.56. The highest BCUT2D eigenvalue weighted by atomic mass is 35.5. The molecule has 0 atom stereocenters. The molecule has 1 aromatic heterocycles. The monoisotopic (exact) mass is 359 g/mol. The summed E-state index contributed by atoms with van der Waals surface area (Å²) in [6.07, 6.45) is 6.57. The summed E-state index contributed by atoms with van der Waals surface area (Å²) in [6.45, 7) is 4.13. The second-order valence-electron chi connectivity index (χ2n) is 7.06. The Kier molecular flexibility index (Phi) is 5.39. The van der Waals surface area contributed by atoms with E-state index in [1.165, 1.54) is 43.2 Å². The molecule has 1 aliphatic heterocycles. The van der Waals surface area contributed by atoms with Gasteiger partial charge < -0.3 is 15.0 Å². The third-order valence-corrected chi connectivity index (χ3v) is 5.73. The zero-order chi connectivity index (χ0) is 17.1. The maximum absolute atomic E-state index is 6.64. The highest BCUT2D eigenvalue weighted by Crippen LogP contribution is 2.35. The Morgan fingerprint density at radius 3 is 2.68 bits per heavy atom. The predicted molar refractivity (Wildman–Crippen MR) is 103 cm³/mol. The van der Waals surface area contributed by atoms with E-state index in [9.17, 15) is 0 Å². The Hall–Kier alpha value is -1.36. The first kappa shape index (κ1) is 17.1. The highest BCUT2D eigenvalue weighted by Gasteiger charge is 2.22. The molecular weight excluding hydrogens is 334 g/mol. The van der Waals surface area contributed by atoms with Crippen LogP contribution < -0.4 is 10.2 Å². The molecular formula is C20H26ClN3O. The Balaban J connectivity index is 1.69. The summed E-state index contributed by atoms with van der Waals surface area (Å²) >= 11 is 6.64. The molecule has 134 valence electrons. The van der Waals surface area contributed by atoms with Crippen molar-refractivity contribution in [1.82, 2.24) is 10.3 Å². The molecule has 0 unspecified atom stereocenters. The van der Waals surface area contributed by atoms with Crippen LogP contribution in [0.3, 0.4) is 0 Å². The lowest BCUT2D eigenvalue weighted by Crippen LogP contribution is -2.38. The minimum Gasteiger partial charge on any atom is -0.378 e. The number of fused-ring (bicyclic) bond motifs is 1. The number of hydrogen-bond donors (Lipinski definition) is 1. The van der Waals surface area contributed by atoms with Crippen LogP contribution >= 0.6 is 11.6 Å². The van der Waals surface area contributed by atoms with Crippen LogP contribution in [0, 0.1) is 0 Å². The van der Waals surface area contributed by atoms with Crippen LogP contribution in [0.15, 0.2) is 24.3 Å². The Labute approximate surface area is 154 Å². The molecule has 1 aromatic carbocycles. The lowest BCUT2D eigenvalue weighted by atomic mass is 9.95. The molecule has 1 aliphatic carbocycles. The number of morpholine rings is 1. The standard InChI is InChI=1S/C20H26ClN3O/c21-20-17(14-22-15-6-2-1-3-7-15)19(24-10-12-25-13-11-24)16-8-4-5-9-18(16)23-20/h4-5,8-9,15,22H,1-3,6-7,10-14H2. The summed E-state index contributed by atoms with van der Waals surface area (Å²) in [4.78, 5) is 7.08. The van der Waals surface area contributed by atoms with Gasteiger partial charge in [-0.15, -0.1) is 0 Å². The fourth-order valence-corrected chi connectivity index (χ4v) is 4.31. The van der Waals surface area contributed by atoms with Gasteiger partial charge in [-0.25, -0.2) is 4.98 Å². The van der Waals surface area contributed by atoms with Crippen LogP contribution in [0.2, 0.25) is 5.15 Å². The van der Waals surface area contributed by atoms with Crippen molar-refractivity contribution in [2.75, 3.05) is 31.2 Å². The Morgan fingerprint density at radius 1 is 1.12 bits per heavy atom. The van der Waals surface area contributed by atoms with E-state index in [1.807, 2.05) is 12.1 Å². The predicted octanol–water partition coefficient (Wildman–Crippen LogP) is 4.15. The topological polar surface area (TPSA) is 37.4 Å². The quantitative estimate of drug-likeness (QED) is 0.832. The minimum atomic E-state index is 0.605. The third kappa shape index (κ3) is 3.76. The number of ether oxygens (including phenoxy) is 1. The van der Waals surface area contributed by atoms with E-state index < -0.39 is 0 Å². The van der Waals surface area contributed by atoms with Gasteiger partial charge in [0.15, 0.2) is 0 Å². The summed E-state index contributed by atoms with van der Waals surface area (Å²) in [6, 6.07) is 8.92. The molecule has 1 N–H and O–H groups in total. The maximum atomic E-state index is 6.64. The van der Waals surface area contributed by atoms with E-state index in [-0.39, 0.29) is 0 Å². The summed E-state index contributed by atoms with van der Waals surface area (Å²) < 4.78 is 5.55. The SMILES string of the molecule is Clc1nc2ccccc2c(N2CCOCC2)c1CNC1CCCCC1. The van der Waals surface area contributed by atoms with E-state index >= 15 is 0 Å². The van der Waals surface area contributed by atoms with Crippen molar-refractivity contribution in [2.24, 2.45) is 0 Å². The van der Waals surface area contributed by atoms with Crippen LogP contribution in [0.25, 0.3) is 10.9 Å². The van der Waals surface area contributed by atoms with E-state index in [0.717, 1.165) is 43.9 Å². The zero-order valence-corrected chi connectivity index (χ0v) is 15.4. The van der Waals surface area contributed by atoms with E-state index in [4.69, 9.17) is 16.3 Å². The second kappa shape index (κ2) is 7.90. The number of aromatic nitrogens is 1. The number of nitrogens with zero attached hydrogens (tertiary/aromatic N) is 2. The smallest absolute Gasteiger partial charge is 0.136 e. The second-order valence-corrected chi connectivity index (χ2v) is 7.42. The fourth-order valence-electron chi connectivity index (χ4n) is 4.06. The number of halogens is 1. The Bertz CT molecular complexity index is 724. The van der Waals surface area contributed by atoms with Gasteiger partial charge in [-0.05, 0) is 18.9 Å². The molecule has 0 bridgehead atoms. The van der Waals surface area contributed by atoms with Crippen molar-refractivity contribution in [3.05, 3.63) is 35.0 Å². The fraction of sp³-hybridized carbons (Fsp3) is 0.550. The van der Waals surface area contributed by atoms with Crippen molar-refractivity contribution in [3.8, 4) is 0 Å². The van der Waals surface area contributed by atoms with E-state index in [2.05, 4.69) is 27.3 Å². The van der Waals surface area contributed by atoms with Crippen LogP contribution in [0.4, 0.5) is 5.69 Å². The van der Waals surface area contributed by atoms with Gasteiger partial charge in [0.25, 0.3) is 0 Å². The van der Waals surface area contributed by atoms with Gasteiger partial charge in [-0.1, -0.05) is 49.1 Å². The number of hydrogen-bond acceptors (Lipinski definition) is 4. The maximum Gasteiger partial charge on any atom is 0.136 e. The van der Waals surface area contributed by atoms with Crippen LogP contribution in [0.1, 0.15) is 37.7 Å². The number of anilines is 1. The van der Waals surface area contributed by atoms with Crippen LogP contribution in [-0.2, 0) is 11.3 Å². The van der Waals surface area contributed by atoms with Crippen molar-refractivity contribution >= 4 is 28.2 Å². The number of para-hydroxylation sites is 1. The Morgan fingerprint density at radius 2 is 1.88 bits per heavy atom. The molecule has 2 aromatic rings. The average Bonchev–Trinajstić information content (AvgIpc) is 2.67. The van der Waals surface area contributed by atoms with Crippen molar-refractivity contribution < 1.29 is 4.74 Å². The van der Waals surface area contributed by atoms with Gasteiger partial charge in [-0.2, -0.15) is 0 Å². The highest BCUT2D eigenvalue weighted by molar-refractivity contribution is 6.31. The number of nitrogens with one attached hydrogen (secondary N) is 1. The van der Waals surface area contributed by atoms with E-state index in [1.54, 1.807) is 0 Å². The van der Waals surface area contributed by atoms with Gasteiger partial charge in [-0.3, -0.25) is 0 Å². The molecule has 0 spiro atoms. The largest absolute Gasteiger partial charge is 0.378 e. The average molecular weight is 360 g/mol. The molecule has 5 heteroatoms. The molecule has 0 radical (unpaired) electrons. The first-order valence-corrected chi connectivity index (χ1v) is 9.84. The first-order chi connectivity index (χ1) is 12.3. The molecule has 0 amide bonds. The molecule has 4 nitrogen and oxygen atoms in total. The van der Waals surface area contributed by atoms with Crippen molar-refractivity contribution in [3.63, 3.8) is 0 Å². The molecule has 2 fully saturated rings. The van der Waals surface area contributed by atoms with Gasteiger partial charge >= 0.3 is 0 Å². The van der Waals surface area contributed by atoms with Crippen LogP contribution in [0.5, 0.6) is 0 Å². The van der Waals surface area contributed by atoms with Crippen LogP contribution in [-0.4, -0.2) is 37.3 Å². The zero-order valence-electron chi connectivity index (χ0n) is 14.6. The van der Waals surface area contributed by atoms with Gasteiger partial charge in [0.1, 0.15) is 5.15 Å². The summed E-state index contributed by atoms with van der Waals surface area (Å²) in [5.74, 6) is 0. The summed E-state index contributed by atoms with van der Waals surface area (Å²) in [7, 11) is 0. The molecule has 2 heterocycles. The van der Waals surface area contributed by atoms with Crippen molar-refractivity contribution in [2.45, 2.75) is 44.7 Å². The number of pyridine rings is 1. The number of rotatable bonds is 4. The number of benzene rings is 1. The molecule has 2 aliphatic rings. The molecule has 25 heavy (non-hydrogen) atoms. The lowest BCUT2D eigenvalue weighted by Gasteiger charge is -2.32. The summed E-state index contributed by atoms with van der Waals surface area (Å²) in [5.41, 5.74) is 3.34. The third-order valence-electron chi connectivity index (χ3n) is 5.41. The van der Waals surface area contributed by atoms with Crippen molar-refractivity contribution in [1.29, 1.82) is 0 Å².